The van der Waals surface area contributed by atoms with Crippen LogP contribution in [-0.2, 0) is 9.84 Å². The summed E-state index contributed by atoms with van der Waals surface area (Å²) in [7, 11) is -4.38. The van der Waals surface area contributed by atoms with Crippen LogP contribution in [0, 0.1) is 23.0 Å². The van der Waals surface area contributed by atoms with Gasteiger partial charge in [0.2, 0.25) is 9.84 Å². The average Bonchev–Trinajstić information content (AvgIpc) is 2.72. The molecule has 0 saturated carbocycles. The van der Waals surface area contributed by atoms with Gasteiger partial charge in [0.1, 0.15) is 21.7 Å². The van der Waals surface area contributed by atoms with Crippen LogP contribution in [0.3, 0.4) is 0 Å². The molecule has 0 radical (unpaired) electrons. The van der Waals surface area contributed by atoms with Gasteiger partial charge in [0.05, 0.1) is 22.0 Å². The molecule has 0 saturated heterocycles. The first-order chi connectivity index (χ1) is 14.3. The molecular weight excluding hydrogens is 430 g/mol. The van der Waals surface area contributed by atoms with Crippen LogP contribution in [-0.4, -0.2) is 13.4 Å². The second-order valence-corrected chi connectivity index (χ2v) is 8.67. The molecule has 0 bridgehead atoms. The summed E-state index contributed by atoms with van der Waals surface area (Å²) in [4.78, 5) is 3.42. The third-order valence-corrected chi connectivity index (χ3v) is 6.70. The monoisotopic (exact) mass is 440 g/mol. The van der Waals surface area contributed by atoms with E-state index in [2.05, 4.69) is 4.98 Å². The molecule has 4 nitrogen and oxygen atoms in total. The Kier molecular flexibility index (Phi) is 4.98. The first-order valence-corrected chi connectivity index (χ1v) is 10.5. The zero-order chi connectivity index (χ0) is 21.5. The van der Waals surface area contributed by atoms with Crippen LogP contribution in [0.15, 0.2) is 76.5 Å². The summed E-state index contributed by atoms with van der Waals surface area (Å²) < 4.78 is 54.5. The standard InChI is InChI=1S/C22H11ClF2N2O2S/c23-22-21(30(28,29)17-10-13(12-26)9-16(25)11-17)20(14-5-7-15(24)8-6-14)18-3-1-2-4-19(18)27-22/h1-11H. The summed E-state index contributed by atoms with van der Waals surface area (Å²) in [5.41, 5.74) is 0.903. The highest BCUT2D eigenvalue weighted by Gasteiger charge is 2.29. The van der Waals surface area contributed by atoms with Gasteiger partial charge in [-0.1, -0.05) is 41.9 Å². The van der Waals surface area contributed by atoms with Crippen LogP contribution in [0.5, 0.6) is 0 Å². The summed E-state index contributed by atoms with van der Waals surface area (Å²) in [6.07, 6.45) is 0. The normalized spacial score (nSPS) is 11.4. The van der Waals surface area contributed by atoms with Crippen molar-refractivity contribution in [1.29, 1.82) is 5.26 Å². The van der Waals surface area contributed by atoms with Gasteiger partial charge in [-0.25, -0.2) is 22.2 Å². The summed E-state index contributed by atoms with van der Waals surface area (Å²) in [5.74, 6) is -1.36. The second-order valence-electron chi connectivity index (χ2n) is 6.42. The predicted molar refractivity (Wildman–Crippen MR) is 109 cm³/mol. The van der Waals surface area contributed by atoms with Gasteiger partial charge in [0.25, 0.3) is 0 Å². The first kappa shape index (κ1) is 20.0. The van der Waals surface area contributed by atoms with E-state index >= 15 is 0 Å². The highest BCUT2D eigenvalue weighted by Crippen LogP contribution is 2.40. The molecular formula is C22H11ClF2N2O2S. The Morgan fingerprint density at radius 3 is 2.33 bits per heavy atom. The number of aromatic nitrogens is 1. The highest BCUT2D eigenvalue weighted by molar-refractivity contribution is 7.91. The molecule has 0 aliphatic rings. The van der Waals surface area contributed by atoms with Gasteiger partial charge in [0.15, 0.2) is 0 Å². The third kappa shape index (κ3) is 3.41. The molecule has 0 aliphatic heterocycles. The van der Waals surface area contributed by atoms with E-state index in [1.54, 1.807) is 30.3 Å². The molecule has 0 aliphatic carbocycles. The minimum atomic E-state index is -4.38. The van der Waals surface area contributed by atoms with Gasteiger partial charge in [-0.05, 0) is 42.0 Å². The van der Waals surface area contributed by atoms with Crippen molar-refractivity contribution in [3.05, 3.63) is 89.1 Å². The number of nitriles is 1. The molecule has 0 unspecified atom stereocenters. The van der Waals surface area contributed by atoms with Crippen molar-refractivity contribution in [3.8, 4) is 17.2 Å². The number of benzene rings is 3. The number of halogens is 3. The Morgan fingerprint density at radius 2 is 1.63 bits per heavy atom. The van der Waals surface area contributed by atoms with Crippen molar-refractivity contribution in [2.45, 2.75) is 9.79 Å². The Hall–Kier alpha value is -3.34. The van der Waals surface area contributed by atoms with Crippen molar-refractivity contribution in [3.63, 3.8) is 0 Å². The molecule has 1 aromatic heterocycles. The summed E-state index contributed by atoms with van der Waals surface area (Å²) in [6, 6.07) is 16.6. The summed E-state index contributed by atoms with van der Waals surface area (Å²) in [6.45, 7) is 0. The number of rotatable bonds is 3. The van der Waals surface area contributed by atoms with E-state index in [1.807, 2.05) is 0 Å². The molecule has 0 atom stereocenters. The first-order valence-electron chi connectivity index (χ1n) is 8.61. The molecule has 0 amide bonds. The van der Waals surface area contributed by atoms with Crippen molar-refractivity contribution >= 4 is 32.3 Å². The Bertz CT molecular complexity index is 1450. The Morgan fingerprint density at radius 1 is 0.933 bits per heavy atom. The quantitative estimate of drug-likeness (QED) is 0.392. The molecule has 0 spiro atoms. The van der Waals surface area contributed by atoms with Gasteiger partial charge >= 0.3 is 0 Å². The fourth-order valence-corrected chi connectivity index (χ4v) is 5.25. The van der Waals surface area contributed by atoms with E-state index in [0.29, 0.717) is 16.5 Å². The lowest BCUT2D eigenvalue weighted by Gasteiger charge is -2.15. The molecule has 3 aromatic carbocycles. The zero-order valence-electron chi connectivity index (χ0n) is 15.1. The molecule has 0 fully saturated rings. The van der Waals surface area contributed by atoms with Gasteiger partial charge in [-0.15, -0.1) is 0 Å². The second kappa shape index (κ2) is 7.48. The van der Waals surface area contributed by atoms with Crippen molar-refractivity contribution < 1.29 is 17.2 Å². The van der Waals surface area contributed by atoms with Gasteiger partial charge in [-0.2, -0.15) is 5.26 Å². The van der Waals surface area contributed by atoms with Crippen molar-refractivity contribution in [2.24, 2.45) is 0 Å². The number of fused-ring (bicyclic) bond motifs is 1. The van der Waals surface area contributed by atoms with E-state index in [4.69, 9.17) is 16.9 Å². The van der Waals surface area contributed by atoms with E-state index in [1.165, 1.54) is 24.3 Å². The lowest BCUT2D eigenvalue weighted by molar-refractivity contribution is 0.590. The SMILES string of the molecule is N#Cc1cc(F)cc(S(=O)(=O)c2c(Cl)nc3ccccc3c2-c2ccc(F)cc2)c1. The number of hydrogen-bond acceptors (Lipinski definition) is 4. The minimum absolute atomic E-state index is 0.151. The molecule has 8 heteroatoms. The summed E-state index contributed by atoms with van der Waals surface area (Å²) in [5, 5.41) is 9.26. The molecule has 0 N–H and O–H groups in total. The van der Waals surface area contributed by atoms with Gasteiger partial charge < -0.3 is 0 Å². The van der Waals surface area contributed by atoms with E-state index in [9.17, 15) is 17.2 Å². The fraction of sp³-hybridized carbons (Fsp3) is 0. The zero-order valence-corrected chi connectivity index (χ0v) is 16.7. The van der Waals surface area contributed by atoms with Crippen LogP contribution in [0.1, 0.15) is 5.56 Å². The Labute approximate surface area is 175 Å². The molecule has 1 heterocycles. The number of hydrogen-bond donors (Lipinski definition) is 0. The van der Waals surface area contributed by atoms with Crippen LogP contribution >= 0.6 is 11.6 Å². The van der Waals surface area contributed by atoms with Gasteiger partial charge in [0, 0.05) is 10.9 Å². The Balaban J connectivity index is 2.12. The molecule has 30 heavy (non-hydrogen) atoms. The molecule has 4 rings (SSSR count). The third-order valence-electron chi connectivity index (χ3n) is 4.52. The smallest absolute Gasteiger partial charge is 0.210 e. The van der Waals surface area contributed by atoms with Crippen LogP contribution in [0.2, 0.25) is 5.15 Å². The number of para-hydroxylation sites is 1. The topological polar surface area (TPSA) is 70.8 Å². The van der Waals surface area contributed by atoms with E-state index < -0.39 is 26.4 Å². The highest BCUT2D eigenvalue weighted by atomic mass is 35.5. The number of sulfone groups is 1. The van der Waals surface area contributed by atoms with E-state index in [0.717, 1.165) is 18.2 Å². The number of pyridine rings is 1. The maximum Gasteiger partial charge on any atom is 0.210 e. The number of nitrogens with zero attached hydrogens (tertiary/aromatic N) is 2. The van der Waals surface area contributed by atoms with E-state index in [-0.39, 0.29) is 21.2 Å². The van der Waals surface area contributed by atoms with Gasteiger partial charge in [-0.3, -0.25) is 0 Å². The van der Waals surface area contributed by atoms with Crippen molar-refractivity contribution in [1.82, 2.24) is 4.98 Å². The molecule has 4 aromatic rings. The summed E-state index contributed by atoms with van der Waals surface area (Å²) >= 11 is 6.31. The maximum absolute atomic E-state index is 14.0. The minimum Gasteiger partial charge on any atom is -0.235 e. The van der Waals surface area contributed by atoms with Crippen LogP contribution in [0.4, 0.5) is 8.78 Å². The predicted octanol–water partition coefficient (Wildman–Crippen LogP) is 5.54. The maximum atomic E-state index is 14.0. The average molecular weight is 441 g/mol. The fourth-order valence-electron chi connectivity index (χ4n) is 3.21. The molecule has 148 valence electrons. The van der Waals surface area contributed by atoms with Crippen molar-refractivity contribution in [2.75, 3.05) is 0 Å². The largest absolute Gasteiger partial charge is 0.235 e. The van der Waals surface area contributed by atoms with Crippen LogP contribution < -0.4 is 0 Å². The van der Waals surface area contributed by atoms with Crippen LogP contribution in [0.25, 0.3) is 22.0 Å². The lowest BCUT2D eigenvalue weighted by atomic mass is 10.0. The lowest BCUT2D eigenvalue weighted by Crippen LogP contribution is -2.08.